The van der Waals surface area contributed by atoms with Gasteiger partial charge in [-0.1, -0.05) is 99.4 Å². The van der Waals surface area contributed by atoms with Crippen molar-refractivity contribution in [3.8, 4) is 5.75 Å². The maximum absolute atomic E-state index is 13.8. The number of amides is 2. The summed E-state index contributed by atoms with van der Waals surface area (Å²) in [5.74, 6) is 0.0758. The summed E-state index contributed by atoms with van der Waals surface area (Å²) in [5.41, 5.74) is 2.90. The van der Waals surface area contributed by atoms with Gasteiger partial charge >= 0.3 is 0 Å². The molecule has 0 aromatic heterocycles. The average molecular weight is 570 g/mol. The average Bonchev–Trinajstić information content (AvgIpc) is 2.91. The maximum Gasteiger partial charge on any atom is 0.261 e. The fourth-order valence-corrected chi connectivity index (χ4v) is 4.43. The molecule has 208 valence electrons. The summed E-state index contributed by atoms with van der Waals surface area (Å²) < 4.78 is 5.91. The zero-order valence-corrected chi connectivity index (χ0v) is 24.9. The minimum absolute atomic E-state index is 0.0125. The van der Waals surface area contributed by atoms with Crippen molar-refractivity contribution in [2.24, 2.45) is 0 Å². The fraction of sp³-hybridized carbons (Fsp3) is 0.375. The van der Waals surface area contributed by atoms with E-state index in [0.29, 0.717) is 22.2 Å². The summed E-state index contributed by atoms with van der Waals surface area (Å²) >= 11 is 12.4. The van der Waals surface area contributed by atoms with Crippen LogP contribution in [0.5, 0.6) is 5.75 Å². The van der Waals surface area contributed by atoms with E-state index in [1.54, 1.807) is 17.0 Å². The first kappa shape index (κ1) is 30.5. The van der Waals surface area contributed by atoms with Crippen LogP contribution in [-0.4, -0.2) is 35.4 Å². The highest BCUT2D eigenvalue weighted by Gasteiger charge is 2.31. The summed E-state index contributed by atoms with van der Waals surface area (Å²) in [6, 6.07) is 21.9. The Balaban J connectivity index is 1.91. The quantitative estimate of drug-likeness (QED) is 0.265. The molecule has 0 spiro atoms. The summed E-state index contributed by atoms with van der Waals surface area (Å²) in [6.45, 7) is 10.4. The van der Waals surface area contributed by atoms with Crippen molar-refractivity contribution in [2.45, 2.75) is 71.5 Å². The highest BCUT2D eigenvalue weighted by Crippen LogP contribution is 2.26. The number of hydrogen-bond acceptors (Lipinski definition) is 3. The molecule has 0 heterocycles. The standard InChI is InChI=1S/C32H38Cl2N2O3/c1-6-22(2)35-31(38)29(19-23-10-8-7-9-11-23)36(20-24-12-17-27(33)28(34)18-24)30(37)21-39-26-15-13-25(14-16-26)32(3,4)5/h7-18,22,29H,6,19-21H2,1-5H3,(H,35,38)/t22-,29-/m1/s1. The Kier molecular flexibility index (Phi) is 10.8. The second-order valence-corrected chi connectivity index (χ2v) is 11.7. The van der Waals surface area contributed by atoms with Gasteiger partial charge < -0.3 is 15.0 Å². The van der Waals surface area contributed by atoms with Crippen LogP contribution in [0.4, 0.5) is 0 Å². The Morgan fingerprint density at radius 2 is 1.59 bits per heavy atom. The Labute approximate surface area is 242 Å². The Hall–Kier alpha value is -3.02. The molecule has 0 fully saturated rings. The Morgan fingerprint density at radius 1 is 0.923 bits per heavy atom. The van der Waals surface area contributed by atoms with E-state index in [0.717, 1.165) is 17.5 Å². The number of benzene rings is 3. The molecule has 3 rings (SSSR count). The predicted molar refractivity (Wildman–Crippen MR) is 159 cm³/mol. The molecule has 0 bridgehead atoms. The molecule has 0 unspecified atom stereocenters. The number of nitrogens with one attached hydrogen (secondary N) is 1. The van der Waals surface area contributed by atoms with Crippen molar-refractivity contribution in [1.82, 2.24) is 10.2 Å². The Bertz CT molecular complexity index is 1240. The molecule has 2 atom stereocenters. The molecule has 0 aliphatic heterocycles. The summed E-state index contributed by atoms with van der Waals surface area (Å²) in [4.78, 5) is 28.9. The third-order valence-corrected chi connectivity index (χ3v) is 7.43. The number of carbonyl (C=O) groups excluding carboxylic acids is 2. The van der Waals surface area contributed by atoms with Crippen LogP contribution in [0.3, 0.4) is 0 Å². The Morgan fingerprint density at radius 3 is 2.18 bits per heavy atom. The largest absolute Gasteiger partial charge is 0.484 e. The summed E-state index contributed by atoms with van der Waals surface area (Å²) in [7, 11) is 0. The third kappa shape index (κ3) is 9.01. The molecule has 3 aromatic rings. The number of rotatable bonds is 11. The SMILES string of the molecule is CC[C@@H](C)NC(=O)[C@@H](Cc1ccccc1)N(Cc1ccc(Cl)c(Cl)c1)C(=O)COc1ccc(C(C)(C)C)cc1. The lowest BCUT2D eigenvalue weighted by Crippen LogP contribution is -2.53. The van der Waals surface area contributed by atoms with Crippen molar-refractivity contribution in [1.29, 1.82) is 0 Å². The number of hydrogen-bond donors (Lipinski definition) is 1. The van der Waals surface area contributed by atoms with E-state index in [1.807, 2.05) is 74.5 Å². The lowest BCUT2D eigenvalue weighted by Gasteiger charge is -2.32. The van der Waals surface area contributed by atoms with Gasteiger partial charge in [0, 0.05) is 19.0 Å². The number of nitrogens with zero attached hydrogens (tertiary/aromatic N) is 1. The predicted octanol–water partition coefficient (Wildman–Crippen LogP) is 7.22. The molecule has 0 saturated heterocycles. The molecule has 0 saturated carbocycles. The third-order valence-electron chi connectivity index (χ3n) is 6.69. The zero-order valence-electron chi connectivity index (χ0n) is 23.3. The van der Waals surface area contributed by atoms with E-state index >= 15 is 0 Å². The second-order valence-electron chi connectivity index (χ2n) is 10.9. The highest BCUT2D eigenvalue weighted by molar-refractivity contribution is 6.42. The van der Waals surface area contributed by atoms with Gasteiger partial charge in [-0.3, -0.25) is 9.59 Å². The van der Waals surface area contributed by atoms with Gasteiger partial charge in [0.2, 0.25) is 5.91 Å². The second kappa shape index (κ2) is 13.9. The molecule has 39 heavy (non-hydrogen) atoms. The normalized spacial score (nSPS) is 12.9. The molecule has 3 aromatic carbocycles. The van der Waals surface area contributed by atoms with Gasteiger partial charge in [-0.25, -0.2) is 0 Å². The van der Waals surface area contributed by atoms with E-state index in [-0.39, 0.29) is 36.4 Å². The fourth-order valence-electron chi connectivity index (χ4n) is 4.11. The van der Waals surface area contributed by atoms with Gasteiger partial charge in [0.15, 0.2) is 6.61 Å². The molecule has 0 radical (unpaired) electrons. The van der Waals surface area contributed by atoms with Gasteiger partial charge in [-0.05, 0) is 59.7 Å². The monoisotopic (exact) mass is 568 g/mol. The number of halogens is 2. The van der Waals surface area contributed by atoms with Crippen molar-refractivity contribution in [3.63, 3.8) is 0 Å². The molecular formula is C32H38Cl2N2O3. The minimum atomic E-state index is -0.754. The molecular weight excluding hydrogens is 531 g/mol. The minimum Gasteiger partial charge on any atom is -0.484 e. The molecule has 0 aliphatic rings. The van der Waals surface area contributed by atoms with E-state index in [4.69, 9.17) is 27.9 Å². The first-order chi connectivity index (χ1) is 18.5. The van der Waals surface area contributed by atoms with Crippen molar-refractivity contribution < 1.29 is 14.3 Å². The number of carbonyl (C=O) groups is 2. The van der Waals surface area contributed by atoms with Crippen LogP contribution >= 0.6 is 23.2 Å². The van der Waals surface area contributed by atoms with Gasteiger partial charge in [0.25, 0.3) is 5.91 Å². The van der Waals surface area contributed by atoms with Crippen LogP contribution < -0.4 is 10.1 Å². The van der Waals surface area contributed by atoms with E-state index in [1.165, 1.54) is 5.56 Å². The first-order valence-corrected chi connectivity index (χ1v) is 14.0. The molecule has 5 nitrogen and oxygen atoms in total. The lowest BCUT2D eigenvalue weighted by molar-refractivity contribution is -0.143. The van der Waals surface area contributed by atoms with Crippen molar-refractivity contribution in [2.75, 3.05) is 6.61 Å². The van der Waals surface area contributed by atoms with Crippen molar-refractivity contribution >= 4 is 35.0 Å². The van der Waals surface area contributed by atoms with Crippen LogP contribution in [0.1, 0.15) is 57.7 Å². The number of ether oxygens (including phenoxy) is 1. The smallest absolute Gasteiger partial charge is 0.261 e. The van der Waals surface area contributed by atoms with Crippen LogP contribution in [0.25, 0.3) is 0 Å². The molecule has 2 amide bonds. The highest BCUT2D eigenvalue weighted by atomic mass is 35.5. The van der Waals surface area contributed by atoms with Gasteiger partial charge in [0.1, 0.15) is 11.8 Å². The van der Waals surface area contributed by atoms with Gasteiger partial charge in [-0.2, -0.15) is 0 Å². The van der Waals surface area contributed by atoms with E-state index < -0.39 is 6.04 Å². The molecule has 1 N–H and O–H groups in total. The van der Waals surface area contributed by atoms with Gasteiger partial charge in [0.05, 0.1) is 10.0 Å². The van der Waals surface area contributed by atoms with E-state index in [2.05, 4.69) is 26.1 Å². The summed E-state index contributed by atoms with van der Waals surface area (Å²) in [6.07, 6.45) is 1.13. The topological polar surface area (TPSA) is 58.6 Å². The zero-order chi connectivity index (χ0) is 28.6. The van der Waals surface area contributed by atoms with E-state index in [9.17, 15) is 9.59 Å². The van der Waals surface area contributed by atoms with Crippen LogP contribution in [-0.2, 0) is 28.0 Å². The van der Waals surface area contributed by atoms with Crippen molar-refractivity contribution in [3.05, 3.63) is 99.5 Å². The van der Waals surface area contributed by atoms with Crippen LogP contribution in [0, 0.1) is 0 Å². The van der Waals surface area contributed by atoms with Gasteiger partial charge in [-0.15, -0.1) is 0 Å². The maximum atomic E-state index is 13.8. The van der Waals surface area contributed by atoms with Crippen LogP contribution in [0.15, 0.2) is 72.8 Å². The lowest BCUT2D eigenvalue weighted by atomic mass is 9.87. The molecule has 0 aliphatic carbocycles. The summed E-state index contributed by atoms with van der Waals surface area (Å²) in [5, 5.41) is 3.88. The van der Waals surface area contributed by atoms with Crippen LogP contribution in [0.2, 0.25) is 10.0 Å². The first-order valence-electron chi connectivity index (χ1n) is 13.3. The molecule has 7 heteroatoms.